The fraction of sp³-hybridized carbons (Fsp3) is 0.0526. The van der Waals surface area contributed by atoms with Crippen LogP contribution >= 0.6 is 15.9 Å². The summed E-state index contributed by atoms with van der Waals surface area (Å²) in [5, 5.41) is 9.20. The molecule has 0 saturated carbocycles. The molecule has 0 unspecified atom stereocenters. The lowest BCUT2D eigenvalue weighted by Crippen LogP contribution is -2.04. The van der Waals surface area contributed by atoms with E-state index in [2.05, 4.69) is 20.9 Å². The maximum atomic E-state index is 12.8. The number of hydrogen-bond donors (Lipinski definition) is 0. The topological polar surface area (TPSA) is 45.9 Å². The van der Waals surface area contributed by atoms with Crippen molar-refractivity contribution in [2.24, 2.45) is 0 Å². The molecule has 3 aromatic rings. The molecular weight excluding hydrogens is 409 g/mol. The molecule has 0 spiro atoms. The van der Waals surface area contributed by atoms with E-state index < -0.39 is 11.7 Å². The van der Waals surface area contributed by atoms with Crippen molar-refractivity contribution in [3.05, 3.63) is 76.3 Å². The number of nitrogens with zero attached hydrogens (tertiary/aromatic N) is 2. The van der Waals surface area contributed by atoms with Crippen LogP contribution in [0.4, 0.5) is 13.2 Å². The van der Waals surface area contributed by atoms with Gasteiger partial charge in [0.2, 0.25) is 5.88 Å². The highest BCUT2D eigenvalue weighted by Crippen LogP contribution is 2.33. The SMILES string of the molecule is N#Cc1cc(Oc2cccc(C(F)(F)F)c2)nc(-c2ccc(Br)cc2)c1. The van der Waals surface area contributed by atoms with Gasteiger partial charge >= 0.3 is 6.18 Å². The minimum atomic E-state index is -4.47. The maximum Gasteiger partial charge on any atom is 0.416 e. The van der Waals surface area contributed by atoms with Crippen molar-refractivity contribution in [1.82, 2.24) is 4.98 Å². The van der Waals surface area contributed by atoms with E-state index in [1.165, 1.54) is 18.2 Å². The van der Waals surface area contributed by atoms with Gasteiger partial charge in [0.05, 0.1) is 22.9 Å². The normalized spacial score (nSPS) is 11.0. The minimum absolute atomic E-state index is 0.0100. The fourth-order valence-electron chi connectivity index (χ4n) is 2.25. The third kappa shape index (κ3) is 4.21. The van der Waals surface area contributed by atoms with Crippen LogP contribution in [0.25, 0.3) is 11.3 Å². The lowest BCUT2D eigenvalue weighted by molar-refractivity contribution is -0.137. The van der Waals surface area contributed by atoms with Crippen LogP contribution in [-0.2, 0) is 6.18 Å². The first-order valence-electron chi connectivity index (χ1n) is 7.38. The summed E-state index contributed by atoms with van der Waals surface area (Å²) in [5.74, 6) is 0.0328. The van der Waals surface area contributed by atoms with Crippen molar-refractivity contribution < 1.29 is 17.9 Å². The Hall–Kier alpha value is -2.85. The second-order valence-electron chi connectivity index (χ2n) is 5.33. The summed E-state index contributed by atoms with van der Waals surface area (Å²) in [7, 11) is 0. The first-order chi connectivity index (χ1) is 12.3. The summed E-state index contributed by atoms with van der Waals surface area (Å²) in [4.78, 5) is 4.30. The van der Waals surface area contributed by atoms with Gasteiger partial charge in [-0.3, -0.25) is 0 Å². The van der Waals surface area contributed by atoms with Crippen molar-refractivity contribution in [1.29, 1.82) is 5.26 Å². The van der Waals surface area contributed by atoms with E-state index in [4.69, 9.17) is 4.74 Å². The Morgan fingerprint density at radius 3 is 2.38 bits per heavy atom. The van der Waals surface area contributed by atoms with E-state index in [-0.39, 0.29) is 11.6 Å². The van der Waals surface area contributed by atoms with Gasteiger partial charge in [0.15, 0.2) is 0 Å². The van der Waals surface area contributed by atoms with Gasteiger partial charge in [-0.25, -0.2) is 4.98 Å². The Morgan fingerprint density at radius 1 is 1.00 bits per heavy atom. The highest BCUT2D eigenvalue weighted by atomic mass is 79.9. The van der Waals surface area contributed by atoms with Crippen molar-refractivity contribution in [3.63, 3.8) is 0 Å². The molecule has 0 amide bonds. The number of pyridine rings is 1. The molecule has 0 aliphatic rings. The molecule has 2 aromatic carbocycles. The van der Waals surface area contributed by atoms with Crippen LogP contribution in [-0.4, -0.2) is 4.98 Å². The van der Waals surface area contributed by atoms with Gasteiger partial charge in [-0.15, -0.1) is 0 Å². The van der Waals surface area contributed by atoms with Crippen molar-refractivity contribution >= 4 is 15.9 Å². The molecule has 7 heteroatoms. The van der Waals surface area contributed by atoms with E-state index >= 15 is 0 Å². The Kier molecular flexibility index (Phi) is 4.96. The lowest BCUT2D eigenvalue weighted by atomic mass is 10.1. The van der Waals surface area contributed by atoms with Gasteiger partial charge in [0, 0.05) is 16.1 Å². The maximum absolute atomic E-state index is 12.8. The number of benzene rings is 2. The van der Waals surface area contributed by atoms with Crippen LogP contribution < -0.4 is 4.74 Å². The zero-order valence-corrected chi connectivity index (χ0v) is 14.7. The third-order valence-electron chi connectivity index (χ3n) is 3.45. The second kappa shape index (κ2) is 7.18. The quantitative estimate of drug-likeness (QED) is 0.508. The monoisotopic (exact) mass is 418 g/mol. The molecule has 0 fully saturated rings. The molecule has 26 heavy (non-hydrogen) atoms. The molecule has 1 aromatic heterocycles. The van der Waals surface area contributed by atoms with Gasteiger partial charge in [-0.1, -0.05) is 34.1 Å². The standard InChI is InChI=1S/C19H10BrF3N2O/c20-15-6-4-13(5-7-15)17-8-12(11-24)9-18(25-17)26-16-3-1-2-14(10-16)19(21,22)23/h1-10H. The molecule has 0 bridgehead atoms. The molecule has 0 N–H and O–H groups in total. The van der Waals surface area contributed by atoms with Gasteiger partial charge in [0.1, 0.15) is 5.75 Å². The van der Waals surface area contributed by atoms with Gasteiger partial charge in [0.25, 0.3) is 0 Å². The predicted molar refractivity (Wildman–Crippen MR) is 93.6 cm³/mol. The molecule has 0 aliphatic heterocycles. The molecule has 1 heterocycles. The smallest absolute Gasteiger partial charge is 0.416 e. The molecular formula is C19H10BrF3N2O. The van der Waals surface area contributed by atoms with Crippen molar-refractivity contribution in [3.8, 4) is 29.0 Å². The summed E-state index contributed by atoms with van der Waals surface area (Å²) in [6, 6.07) is 16.7. The Labute approximate surface area is 155 Å². The molecule has 130 valence electrons. The van der Waals surface area contributed by atoms with Crippen molar-refractivity contribution in [2.45, 2.75) is 6.18 Å². The summed E-state index contributed by atoms with van der Waals surface area (Å²) < 4.78 is 44.8. The Balaban J connectivity index is 1.97. The number of hydrogen-bond acceptors (Lipinski definition) is 3. The number of rotatable bonds is 3. The van der Waals surface area contributed by atoms with Gasteiger partial charge in [-0.2, -0.15) is 18.4 Å². The molecule has 0 radical (unpaired) electrons. The lowest BCUT2D eigenvalue weighted by Gasteiger charge is -2.11. The zero-order chi connectivity index (χ0) is 18.7. The van der Waals surface area contributed by atoms with E-state index in [9.17, 15) is 18.4 Å². The fourth-order valence-corrected chi connectivity index (χ4v) is 2.51. The van der Waals surface area contributed by atoms with Gasteiger partial charge in [-0.05, 0) is 36.4 Å². The zero-order valence-electron chi connectivity index (χ0n) is 13.1. The highest BCUT2D eigenvalue weighted by molar-refractivity contribution is 9.10. The molecule has 0 aliphatic carbocycles. The average molecular weight is 419 g/mol. The molecule has 0 atom stereocenters. The largest absolute Gasteiger partial charge is 0.439 e. The van der Waals surface area contributed by atoms with Crippen LogP contribution in [0.1, 0.15) is 11.1 Å². The number of alkyl halides is 3. The highest BCUT2D eigenvalue weighted by Gasteiger charge is 2.30. The van der Waals surface area contributed by atoms with Crippen molar-refractivity contribution in [2.75, 3.05) is 0 Å². The van der Waals surface area contributed by atoms with Crippen LogP contribution in [0, 0.1) is 11.3 Å². The summed E-state index contributed by atoms with van der Waals surface area (Å²) in [6.45, 7) is 0. The average Bonchev–Trinajstić information content (AvgIpc) is 2.61. The number of halogens is 4. The number of nitriles is 1. The van der Waals surface area contributed by atoms with E-state index in [0.29, 0.717) is 11.3 Å². The second-order valence-corrected chi connectivity index (χ2v) is 6.24. The van der Waals surface area contributed by atoms with Crippen LogP contribution in [0.2, 0.25) is 0 Å². The summed E-state index contributed by atoms with van der Waals surface area (Å²) >= 11 is 3.34. The first-order valence-corrected chi connectivity index (χ1v) is 8.18. The van der Waals surface area contributed by atoms with Crippen LogP contribution in [0.5, 0.6) is 11.6 Å². The minimum Gasteiger partial charge on any atom is -0.439 e. The number of ether oxygens (including phenoxy) is 1. The third-order valence-corrected chi connectivity index (χ3v) is 3.98. The Bertz CT molecular complexity index is 979. The number of aromatic nitrogens is 1. The van der Waals surface area contributed by atoms with E-state index in [1.54, 1.807) is 6.07 Å². The molecule has 3 rings (SSSR count). The van der Waals surface area contributed by atoms with Crippen LogP contribution in [0.15, 0.2) is 65.1 Å². The van der Waals surface area contributed by atoms with E-state index in [0.717, 1.165) is 22.2 Å². The summed E-state index contributed by atoms with van der Waals surface area (Å²) in [5.41, 5.74) is 0.706. The summed E-state index contributed by atoms with van der Waals surface area (Å²) in [6.07, 6.45) is -4.47. The molecule has 3 nitrogen and oxygen atoms in total. The van der Waals surface area contributed by atoms with Gasteiger partial charge < -0.3 is 4.74 Å². The molecule has 0 saturated heterocycles. The first kappa shape index (κ1) is 18.0. The predicted octanol–water partition coefficient (Wildman–Crippen LogP) is 6.19. The van der Waals surface area contributed by atoms with Crippen LogP contribution in [0.3, 0.4) is 0 Å². The Morgan fingerprint density at radius 2 is 1.73 bits per heavy atom. The van der Waals surface area contributed by atoms with E-state index in [1.807, 2.05) is 30.3 Å².